The maximum atomic E-state index is 5.91. The number of rotatable bonds is 6. The number of nitrogens with zero attached hydrogens (tertiary/aromatic N) is 4. The number of tetrazole rings is 1. The summed E-state index contributed by atoms with van der Waals surface area (Å²) in [6.07, 6.45) is 0. The van der Waals surface area contributed by atoms with Gasteiger partial charge in [-0.2, -0.15) is 0 Å². The van der Waals surface area contributed by atoms with Crippen molar-refractivity contribution in [2.24, 2.45) is 7.05 Å². The Morgan fingerprint density at radius 3 is 2.88 bits per heavy atom. The van der Waals surface area contributed by atoms with Crippen molar-refractivity contribution < 1.29 is 4.74 Å². The highest BCUT2D eigenvalue weighted by atomic mass is 79.9. The average molecular weight is 409 g/mol. The number of anilines is 1. The average Bonchev–Trinajstić information content (AvgIpc) is 2.99. The number of halogens is 2. The Kier molecular flexibility index (Phi) is 5.32. The molecule has 0 fully saturated rings. The first kappa shape index (κ1) is 16.7. The van der Waals surface area contributed by atoms with Crippen LogP contribution in [0, 0.1) is 0 Å². The summed E-state index contributed by atoms with van der Waals surface area (Å²) in [6.45, 7) is 1.19. The highest BCUT2D eigenvalue weighted by Crippen LogP contribution is 2.27. The number of hydrogen-bond acceptors (Lipinski definition) is 5. The molecule has 3 rings (SSSR count). The zero-order valence-electron chi connectivity index (χ0n) is 12.9. The van der Waals surface area contributed by atoms with Crippen LogP contribution in [-0.2, 0) is 7.05 Å². The van der Waals surface area contributed by atoms with Crippen molar-refractivity contribution in [3.05, 3.63) is 52.0 Å². The monoisotopic (exact) mass is 407 g/mol. The predicted molar refractivity (Wildman–Crippen MR) is 97.4 cm³/mol. The normalized spacial score (nSPS) is 10.6. The summed E-state index contributed by atoms with van der Waals surface area (Å²) in [5.41, 5.74) is 1.93. The molecule has 3 aromatic rings. The van der Waals surface area contributed by atoms with Gasteiger partial charge in [0.25, 0.3) is 0 Å². The fourth-order valence-electron chi connectivity index (χ4n) is 2.19. The van der Waals surface area contributed by atoms with Crippen molar-refractivity contribution in [3.63, 3.8) is 0 Å². The minimum Gasteiger partial charge on any atom is -0.491 e. The van der Waals surface area contributed by atoms with Gasteiger partial charge < -0.3 is 10.1 Å². The summed E-state index contributed by atoms with van der Waals surface area (Å²) in [5, 5.41) is 15.5. The lowest BCUT2D eigenvalue weighted by molar-refractivity contribution is 0.331. The summed E-state index contributed by atoms with van der Waals surface area (Å²) in [7, 11) is 1.81. The van der Waals surface area contributed by atoms with E-state index in [1.165, 1.54) is 0 Å². The number of ether oxygens (including phenoxy) is 1. The summed E-state index contributed by atoms with van der Waals surface area (Å²) in [4.78, 5) is 0. The molecule has 0 unspecified atom stereocenters. The van der Waals surface area contributed by atoms with Crippen LogP contribution in [0.5, 0.6) is 5.75 Å². The van der Waals surface area contributed by atoms with E-state index in [2.05, 4.69) is 36.8 Å². The molecule has 0 saturated heterocycles. The molecule has 1 N–H and O–H groups in total. The molecule has 2 aromatic carbocycles. The second kappa shape index (κ2) is 7.63. The number of aromatic nitrogens is 4. The van der Waals surface area contributed by atoms with E-state index < -0.39 is 0 Å². The first-order valence-corrected chi connectivity index (χ1v) is 8.45. The van der Waals surface area contributed by atoms with Gasteiger partial charge in [-0.15, -0.1) is 5.10 Å². The van der Waals surface area contributed by atoms with Crippen molar-refractivity contribution in [3.8, 4) is 17.1 Å². The summed E-state index contributed by atoms with van der Waals surface area (Å²) in [6, 6.07) is 13.4. The van der Waals surface area contributed by atoms with Crippen LogP contribution in [0.4, 0.5) is 5.69 Å². The Labute approximate surface area is 152 Å². The van der Waals surface area contributed by atoms with Gasteiger partial charge in [0.15, 0.2) is 5.82 Å². The van der Waals surface area contributed by atoms with Crippen LogP contribution in [0.25, 0.3) is 11.4 Å². The van der Waals surface area contributed by atoms with Crippen molar-refractivity contribution >= 4 is 33.2 Å². The smallest absolute Gasteiger partial charge is 0.181 e. The lowest BCUT2D eigenvalue weighted by Gasteiger charge is -2.11. The van der Waals surface area contributed by atoms with Gasteiger partial charge in [-0.05, 0) is 56.7 Å². The van der Waals surface area contributed by atoms with E-state index in [1.54, 1.807) is 10.7 Å². The van der Waals surface area contributed by atoms with Gasteiger partial charge in [0.1, 0.15) is 12.4 Å². The molecule has 6 nitrogen and oxygen atoms in total. The first-order chi connectivity index (χ1) is 11.6. The number of aryl methyl sites for hydroxylation is 1. The van der Waals surface area contributed by atoms with Crippen LogP contribution in [0.3, 0.4) is 0 Å². The zero-order valence-corrected chi connectivity index (χ0v) is 15.3. The number of hydrogen-bond donors (Lipinski definition) is 1. The molecular formula is C16H15BrClN5O. The third-order valence-electron chi connectivity index (χ3n) is 3.32. The SMILES string of the molecule is Cn1nnnc1-c1cccc(NCCOc2ccc(Cl)cc2Br)c1. The molecule has 0 bridgehead atoms. The quantitative estimate of drug-likeness (QED) is 0.629. The Morgan fingerprint density at radius 1 is 1.25 bits per heavy atom. The highest BCUT2D eigenvalue weighted by molar-refractivity contribution is 9.10. The molecule has 1 aromatic heterocycles. The molecule has 0 amide bonds. The molecule has 0 radical (unpaired) electrons. The summed E-state index contributed by atoms with van der Waals surface area (Å²) < 4.78 is 8.21. The van der Waals surface area contributed by atoms with E-state index in [1.807, 2.05) is 43.4 Å². The van der Waals surface area contributed by atoms with Crippen LogP contribution < -0.4 is 10.1 Å². The molecule has 24 heavy (non-hydrogen) atoms. The molecule has 0 aliphatic rings. The van der Waals surface area contributed by atoms with E-state index in [0.717, 1.165) is 27.3 Å². The Morgan fingerprint density at radius 2 is 2.12 bits per heavy atom. The van der Waals surface area contributed by atoms with E-state index in [0.29, 0.717) is 18.2 Å². The second-order valence-electron chi connectivity index (χ2n) is 5.06. The molecule has 0 atom stereocenters. The van der Waals surface area contributed by atoms with Gasteiger partial charge in [-0.3, -0.25) is 0 Å². The lowest BCUT2D eigenvalue weighted by atomic mass is 10.2. The van der Waals surface area contributed by atoms with Crippen molar-refractivity contribution in [1.82, 2.24) is 20.2 Å². The molecule has 1 heterocycles. The predicted octanol–water partition coefficient (Wildman–Crippen LogP) is 3.78. The van der Waals surface area contributed by atoms with Crippen LogP contribution in [0.2, 0.25) is 5.02 Å². The summed E-state index contributed by atoms with van der Waals surface area (Å²) >= 11 is 9.34. The van der Waals surface area contributed by atoms with Gasteiger partial charge in [0, 0.05) is 29.9 Å². The maximum absolute atomic E-state index is 5.91. The minimum atomic E-state index is 0.524. The third kappa shape index (κ3) is 4.04. The number of benzene rings is 2. The molecule has 0 aliphatic heterocycles. The number of nitrogens with one attached hydrogen (secondary N) is 1. The Bertz CT molecular complexity index is 839. The van der Waals surface area contributed by atoms with Gasteiger partial charge in [0.05, 0.1) is 4.47 Å². The topological polar surface area (TPSA) is 64.9 Å². The highest BCUT2D eigenvalue weighted by Gasteiger charge is 2.06. The Balaban J connectivity index is 1.56. The molecule has 0 saturated carbocycles. The first-order valence-electron chi connectivity index (χ1n) is 7.28. The molecule has 124 valence electrons. The van der Waals surface area contributed by atoms with Crippen LogP contribution in [-0.4, -0.2) is 33.4 Å². The maximum Gasteiger partial charge on any atom is 0.181 e. The van der Waals surface area contributed by atoms with Crippen molar-refractivity contribution in [1.29, 1.82) is 0 Å². The van der Waals surface area contributed by atoms with Gasteiger partial charge in [0.2, 0.25) is 0 Å². The van der Waals surface area contributed by atoms with Crippen LogP contribution in [0.1, 0.15) is 0 Å². The standard InChI is InChI=1S/C16H15BrClN5O/c1-23-16(20-21-22-23)11-3-2-4-13(9-11)19-7-8-24-15-6-5-12(18)10-14(15)17/h2-6,9-10,19H,7-8H2,1H3. The molecule has 0 spiro atoms. The van der Waals surface area contributed by atoms with Gasteiger partial charge in [-0.25, -0.2) is 4.68 Å². The molecular weight excluding hydrogens is 394 g/mol. The second-order valence-corrected chi connectivity index (χ2v) is 6.35. The fourth-order valence-corrected chi connectivity index (χ4v) is 2.99. The minimum absolute atomic E-state index is 0.524. The van der Waals surface area contributed by atoms with Crippen molar-refractivity contribution in [2.45, 2.75) is 0 Å². The summed E-state index contributed by atoms with van der Waals surface area (Å²) in [5.74, 6) is 1.49. The zero-order chi connectivity index (χ0) is 16.9. The fraction of sp³-hybridized carbons (Fsp3) is 0.188. The van der Waals surface area contributed by atoms with E-state index >= 15 is 0 Å². The molecule has 8 heteroatoms. The van der Waals surface area contributed by atoms with E-state index in [4.69, 9.17) is 16.3 Å². The van der Waals surface area contributed by atoms with Gasteiger partial charge >= 0.3 is 0 Å². The Hall–Kier alpha value is -2.12. The molecule has 0 aliphatic carbocycles. The third-order valence-corrected chi connectivity index (χ3v) is 4.18. The largest absolute Gasteiger partial charge is 0.491 e. The lowest BCUT2D eigenvalue weighted by Crippen LogP contribution is -2.11. The van der Waals surface area contributed by atoms with Crippen LogP contribution in [0.15, 0.2) is 46.9 Å². The van der Waals surface area contributed by atoms with E-state index in [-0.39, 0.29) is 0 Å². The van der Waals surface area contributed by atoms with Crippen molar-refractivity contribution in [2.75, 3.05) is 18.5 Å². The van der Waals surface area contributed by atoms with Gasteiger partial charge in [-0.1, -0.05) is 23.7 Å². The van der Waals surface area contributed by atoms with E-state index in [9.17, 15) is 0 Å². The van der Waals surface area contributed by atoms with Crippen LogP contribution >= 0.6 is 27.5 Å².